The molecule has 0 saturated carbocycles. The summed E-state index contributed by atoms with van der Waals surface area (Å²) in [5.41, 5.74) is 7.31. The minimum atomic E-state index is -1.06. The van der Waals surface area contributed by atoms with E-state index in [9.17, 15) is 9.90 Å². The van der Waals surface area contributed by atoms with Crippen molar-refractivity contribution < 1.29 is 24.1 Å². The van der Waals surface area contributed by atoms with Crippen LogP contribution in [0.4, 0.5) is 5.95 Å². The van der Waals surface area contributed by atoms with E-state index in [0.29, 0.717) is 11.5 Å². The lowest BCUT2D eigenvalue weighted by atomic mass is 9.80. The summed E-state index contributed by atoms with van der Waals surface area (Å²) in [7, 11) is 3.25. The third-order valence-electron chi connectivity index (χ3n) is 7.60. The van der Waals surface area contributed by atoms with Gasteiger partial charge in [-0.15, -0.1) is 0 Å². The highest BCUT2D eigenvalue weighted by Gasteiger charge is 2.42. The average molecular weight is 570 g/mol. The van der Waals surface area contributed by atoms with Crippen LogP contribution in [0.1, 0.15) is 29.3 Å². The maximum atomic E-state index is 12.3. The first-order valence-corrected chi connectivity index (χ1v) is 13.5. The topological polar surface area (TPSA) is 147 Å². The number of nitrogens with zero attached hydrogens (tertiary/aromatic N) is 3. The van der Waals surface area contributed by atoms with E-state index in [4.69, 9.17) is 24.7 Å². The van der Waals surface area contributed by atoms with Gasteiger partial charge in [0.2, 0.25) is 5.95 Å². The monoisotopic (exact) mass is 569 g/mol. The number of hydrogen-bond donors (Lipinski definition) is 3. The normalized spacial score (nSPS) is 18.8. The van der Waals surface area contributed by atoms with Crippen LogP contribution >= 0.6 is 0 Å². The van der Waals surface area contributed by atoms with E-state index < -0.39 is 29.6 Å². The molecule has 3 aromatic carbocycles. The molecule has 3 atom stereocenters. The molecule has 42 heavy (non-hydrogen) atoms. The molecule has 1 aliphatic heterocycles. The van der Waals surface area contributed by atoms with E-state index in [2.05, 4.69) is 15.0 Å². The molecule has 6 rings (SSSR count). The third kappa shape index (κ3) is 4.87. The number of methoxy groups -OCH3 is 2. The van der Waals surface area contributed by atoms with Gasteiger partial charge in [0.05, 0.1) is 33.3 Å². The van der Waals surface area contributed by atoms with Crippen LogP contribution in [0.5, 0.6) is 11.5 Å². The largest absolute Gasteiger partial charge is 0.497 e. The number of aromatic amines is 1. The zero-order chi connectivity index (χ0) is 29.3. The van der Waals surface area contributed by atoms with E-state index >= 15 is 0 Å². The maximum Gasteiger partial charge on any atom is 0.280 e. The molecule has 2 aromatic heterocycles. The number of nitrogens with one attached hydrogen (secondary N) is 1. The van der Waals surface area contributed by atoms with Crippen LogP contribution in [-0.2, 0) is 15.1 Å². The molecule has 0 bridgehead atoms. The number of ether oxygens (including phenoxy) is 4. The molecular formula is C31H31N5O6. The Morgan fingerprint density at radius 3 is 2.17 bits per heavy atom. The lowest BCUT2D eigenvalue weighted by Gasteiger charge is -2.37. The predicted octanol–water partition coefficient (Wildman–Crippen LogP) is 3.38. The first-order chi connectivity index (χ1) is 20.4. The highest BCUT2D eigenvalue weighted by molar-refractivity contribution is 5.70. The van der Waals surface area contributed by atoms with Crippen molar-refractivity contribution >= 4 is 17.1 Å². The minimum absolute atomic E-state index is 0.0284. The molecule has 0 aliphatic carbocycles. The second-order valence-corrected chi connectivity index (χ2v) is 10.0. The Balaban J connectivity index is 1.37. The third-order valence-corrected chi connectivity index (χ3v) is 7.60. The zero-order valence-corrected chi connectivity index (χ0v) is 23.1. The molecule has 216 valence electrons. The maximum absolute atomic E-state index is 12.3. The first-order valence-electron chi connectivity index (χ1n) is 13.5. The smallest absolute Gasteiger partial charge is 0.280 e. The summed E-state index contributed by atoms with van der Waals surface area (Å²) >= 11 is 0. The van der Waals surface area contributed by atoms with Crippen LogP contribution in [0, 0.1) is 0 Å². The van der Waals surface area contributed by atoms with Gasteiger partial charge in [0.25, 0.3) is 5.56 Å². The van der Waals surface area contributed by atoms with E-state index in [1.165, 1.54) is 6.33 Å². The van der Waals surface area contributed by atoms with Gasteiger partial charge >= 0.3 is 0 Å². The van der Waals surface area contributed by atoms with Crippen molar-refractivity contribution in [3.63, 3.8) is 0 Å². The molecule has 4 N–H and O–H groups in total. The summed E-state index contributed by atoms with van der Waals surface area (Å²) in [5.74, 6) is 1.40. The summed E-state index contributed by atoms with van der Waals surface area (Å²) in [6.45, 7) is 0.0490. The Morgan fingerprint density at radius 2 is 1.57 bits per heavy atom. The van der Waals surface area contributed by atoms with Crippen LogP contribution in [0.25, 0.3) is 11.2 Å². The Bertz CT molecular complexity index is 1670. The van der Waals surface area contributed by atoms with Gasteiger partial charge in [0.15, 0.2) is 11.2 Å². The number of nitrogen functional groups attached to an aromatic ring is 1. The van der Waals surface area contributed by atoms with Crippen molar-refractivity contribution in [1.82, 2.24) is 19.5 Å². The molecule has 1 saturated heterocycles. The molecule has 3 heterocycles. The van der Waals surface area contributed by atoms with E-state index in [-0.39, 0.29) is 30.1 Å². The number of aliphatic hydroxyl groups excluding tert-OH is 1. The number of aliphatic hydroxyl groups is 1. The molecule has 11 nitrogen and oxygen atoms in total. The number of benzene rings is 3. The molecule has 1 aliphatic rings. The summed E-state index contributed by atoms with van der Waals surface area (Å²) in [4.78, 5) is 23.1. The Hall–Kier alpha value is -4.71. The molecule has 0 amide bonds. The SMILES string of the molecule is COc1ccc(C(OC[C@H]2O[C@@H](n3cnc4c(=O)[nH]c(N)nc43)C[C@H]2O)(c2ccccc2)c2ccc(OC)cc2)cc1. The summed E-state index contributed by atoms with van der Waals surface area (Å²) in [5, 5.41) is 11.1. The number of aromatic nitrogens is 4. The quantitative estimate of drug-likeness (QED) is 0.227. The number of imidazole rings is 1. The summed E-state index contributed by atoms with van der Waals surface area (Å²) in [6.07, 6.45) is -0.452. The number of hydrogen-bond acceptors (Lipinski definition) is 9. The number of nitrogens with two attached hydrogens (primary N) is 1. The lowest BCUT2D eigenvalue weighted by Crippen LogP contribution is -2.38. The number of rotatable bonds is 9. The van der Waals surface area contributed by atoms with Gasteiger partial charge in [-0.2, -0.15) is 4.98 Å². The van der Waals surface area contributed by atoms with Crippen LogP contribution in [0.15, 0.2) is 90.0 Å². The van der Waals surface area contributed by atoms with Crippen LogP contribution < -0.4 is 20.8 Å². The molecule has 0 unspecified atom stereocenters. The second kappa shape index (κ2) is 11.3. The fraction of sp³-hybridized carbons (Fsp3) is 0.258. The predicted molar refractivity (Wildman–Crippen MR) is 155 cm³/mol. The van der Waals surface area contributed by atoms with E-state index in [0.717, 1.165) is 16.7 Å². The number of H-pyrrole nitrogens is 1. The van der Waals surface area contributed by atoms with Gasteiger partial charge < -0.3 is 29.8 Å². The van der Waals surface area contributed by atoms with Crippen molar-refractivity contribution in [2.75, 3.05) is 26.6 Å². The number of fused-ring (bicyclic) bond motifs is 1. The van der Waals surface area contributed by atoms with Gasteiger partial charge in [-0.3, -0.25) is 14.3 Å². The Morgan fingerprint density at radius 1 is 0.976 bits per heavy atom. The van der Waals surface area contributed by atoms with Crippen molar-refractivity contribution in [3.8, 4) is 11.5 Å². The first kappa shape index (κ1) is 27.5. The average Bonchev–Trinajstić information content (AvgIpc) is 3.61. The summed E-state index contributed by atoms with van der Waals surface area (Å²) < 4.78 is 25.6. The zero-order valence-electron chi connectivity index (χ0n) is 23.1. The molecule has 5 aromatic rings. The highest BCUT2D eigenvalue weighted by atomic mass is 16.6. The van der Waals surface area contributed by atoms with Gasteiger partial charge in [0.1, 0.15) is 29.4 Å². The van der Waals surface area contributed by atoms with Gasteiger partial charge in [0, 0.05) is 6.42 Å². The summed E-state index contributed by atoms with van der Waals surface area (Å²) in [6, 6.07) is 25.3. The van der Waals surface area contributed by atoms with E-state index in [1.54, 1.807) is 18.8 Å². The molecule has 11 heteroatoms. The van der Waals surface area contributed by atoms with Gasteiger partial charge in [-0.05, 0) is 41.0 Å². The van der Waals surface area contributed by atoms with Crippen LogP contribution in [0.2, 0.25) is 0 Å². The van der Waals surface area contributed by atoms with Crippen molar-refractivity contribution in [2.24, 2.45) is 0 Å². The van der Waals surface area contributed by atoms with Gasteiger partial charge in [-0.1, -0.05) is 54.6 Å². The fourth-order valence-corrected chi connectivity index (χ4v) is 5.47. The minimum Gasteiger partial charge on any atom is -0.497 e. The van der Waals surface area contributed by atoms with Crippen molar-refractivity contribution in [3.05, 3.63) is 112 Å². The molecule has 0 spiro atoms. The molecular weight excluding hydrogens is 538 g/mol. The fourth-order valence-electron chi connectivity index (χ4n) is 5.47. The van der Waals surface area contributed by atoms with E-state index in [1.807, 2.05) is 78.9 Å². The van der Waals surface area contributed by atoms with Crippen molar-refractivity contribution in [2.45, 2.75) is 30.5 Å². The lowest BCUT2D eigenvalue weighted by molar-refractivity contribution is -0.0931. The number of anilines is 1. The van der Waals surface area contributed by atoms with Gasteiger partial charge in [-0.25, -0.2) is 4.98 Å². The Labute approximate surface area is 241 Å². The van der Waals surface area contributed by atoms with Crippen molar-refractivity contribution in [1.29, 1.82) is 0 Å². The Kier molecular flexibility index (Phi) is 7.38. The second-order valence-electron chi connectivity index (χ2n) is 10.0. The van der Waals surface area contributed by atoms with Crippen LogP contribution in [-0.4, -0.2) is 57.7 Å². The molecule has 1 fully saturated rings. The standard InChI is InChI=1S/C31H31N5O6/c1-39-22-12-8-20(9-13-22)31(19-6-4-3-5-7-19,21-10-14-23(40-2)15-11-21)41-17-25-24(37)16-26(42-25)36-18-33-27-28(36)34-30(32)35-29(27)38/h3-15,18,24-26,37H,16-17H2,1-2H3,(H3,32,34,35,38)/t24-,25-,26-/m1/s1. The van der Waals surface area contributed by atoms with Crippen LogP contribution in [0.3, 0.4) is 0 Å². The molecule has 0 radical (unpaired) electrons. The highest BCUT2D eigenvalue weighted by Crippen LogP contribution is 2.43.